The second-order valence-electron chi connectivity index (χ2n) is 7.52. The number of hydrogen-bond donors (Lipinski definition) is 1. The number of hydrogen-bond acceptors (Lipinski definition) is 7. The van der Waals surface area contributed by atoms with Gasteiger partial charge in [0.25, 0.3) is 0 Å². The Bertz CT molecular complexity index is 1270. The number of thiazole rings is 1. The summed E-state index contributed by atoms with van der Waals surface area (Å²) in [5.41, 5.74) is 1.09. The maximum Gasteiger partial charge on any atom is 0.244 e. The van der Waals surface area contributed by atoms with E-state index in [2.05, 4.69) is 10.3 Å². The van der Waals surface area contributed by atoms with Gasteiger partial charge in [0.05, 0.1) is 32.6 Å². The van der Waals surface area contributed by atoms with Crippen LogP contribution in [0.3, 0.4) is 0 Å². The highest BCUT2D eigenvalue weighted by Gasteiger charge is 2.33. The number of benzene rings is 1. The molecule has 1 amide bonds. The van der Waals surface area contributed by atoms with E-state index in [9.17, 15) is 18.5 Å². The van der Waals surface area contributed by atoms with Crippen molar-refractivity contribution in [3.63, 3.8) is 0 Å². The minimum absolute atomic E-state index is 0.0224. The summed E-state index contributed by atoms with van der Waals surface area (Å²) in [5, 5.41) is 15.3. The van der Waals surface area contributed by atoms with Gasteiger partial charge in [-0.1, -0.05) is 12.1 Å². The van der Waals surface area contributed by atoms with Crippen LogP contribution in [0.25, 0.3) is 10.6 Å². The van der Waals surface area contributed by atoms with Crippen LogP contribution in [0.15, 0.2) is 46.7 Å². The third kappa shape index (κ3) is 4.76. The van der Waals surface area contributed by atoms with Crippen molar-refractivity contribution in [3.05, 3.63) is 57.2 Å². The fourth-order valence-corrected chi connectivity index (χ4v) is 6.89. The summed E-state index contributed by atoms with van der Waals surface area (Å²) < 4.78 is 27.3. The van der Waals surface area contributed by atoms with Crippen molar-refractivity contribution < 1.29 is 13.2 Å². The van der Waals surface area contributed by atoms with E-state index in [0.29, 0.717) is 19.4 Å². The zero-order valence-corrected chi connectivity index (χ0v) is 19.9. The van der Waals surface area contributed by atoms with E-state index in [1.54, 1.807) is 34.8 Å². The van der Waals surface area contributed by atoms with Gasteiger partial charge in [-0.2, -0.15) is 9.57 Å². The summed E-state index contributed by atoms with van der Waals surface area (Å²) in [6, 6.07) is 12.2. The minimum Gasteiger partial charge on any atom is -0.351 e. The van der Waals surface area contributed by atoms with Crippen molar-refractivity contribution >= 4 is 38.6 Å². The average Bonchev–Trinajstić information content (AvgIpc) is 3.46. The number of nitrogens with zero attached hydrogens (tertiary/aromatic N) is 3. The molecule has 0 atom stereocenters. The van der Waals surface area contributed by atoms with Crippen molar-refractivity contribution in [2.24, 2.45) is 5.92 Å². The van der Waals surface area contributed by atoms with Crippen molar-refractivity contribution in [2.75, 3.05) is 13.1 Å². The number of carbonyl (C=O) groups is 1. The largest absolute Gasteiger partial charge is 0.351 e. The SMILES string of the molecule is Cc1nc(-c2ccc(CNC(=O)C3CCN(S(=O)(=O)c4ccccc4C#N)CC3)s2)cs1. The highest BCUT2D eigenvalue weighted by molar-refractivity contribution is 7.89. The number of thiophene rings is 1. The molecule has 0 saturated carbocycles. The summed E-state index contributed by atoms with van der Waals surface area (Å²) >= 11 is 3.22. The molecule has 0 unspecified atom stereocenters. The van der Waals surface area contributed by atoms with Gasteiger partial charge in [-0.3, -0.25) is 4.79 Å². The number of rotatable bonds is 6. The van der Waals surface area contributed by atoms with Gasteiger partial charge in [-0.05, 0) is 44.0 Å². The van der Waals surface area contributed by atoms with Gasteiger partial charge < -0.3 is 5.32 Å². The maximum atomic E-state index is 12.9. The van der Waals surface area contributed by atoms with Crippen LogP contribution in [0, 0.1) is 24.2 Å². The quantitative estimate of drug-likeness (QED) is 0.571. The second-order valence-corrected chi connectivity index (χ2v) is 11.7. The molecule has 1 aliphatic heterocycles. The van der Waals surface area contributed by atoms with Gasteiger partial charge in [0.15, 0.2) is 0 Å². The first-order valence-corrected chi connectivity index (χ1v) is 13.3. The molecule has 3 heterocycles. The van der Waals surface area contributed by atoms with Crippen LogP contribution >= 0.6 is 22.7 Å². The Morgan fingerprint density at radius 1 is 1.25 bits per heavy atom. The van der Waals surface area contributed by atoms with Crippen LogP contribution in [-0.2, 0) is 21.4 Å². The normalized spacial score (nSPS) is 15.4. The number of nitrogens with one attached hydrogen (secondary N) is 1. The summed E-state index contributed by atoms with van der Waals surface area (Å²) in [4.78, 5) is 19.3. The summed E-state index contributed by atoms with van der Waals surface area (Å²) in [6.45, 7) is 2.93. The lowest BCUT2D eigenvalue weighted by Gasteiger charge is -2.30. The Morgan fingerprint density at radius 3 is 2.69 bits per heavy atom. The molecule has 0 radical (unpaired) electrons. The number of nitriles is 1. The fraction of sp³-hybridized carbons (Fsp3) is 0.318. The van der Waals surface area contributed by atoms with E-state index in [0.717, 1.165) is 20.5 Å². The lowest BCUT2D eigenvalue weighted by Crippen LogP contribution is -2.43. The lowest BCUT2D eigenvalue weighted by atomic mass is 9.97. The molecular weight excluding hydrogens is 464 g/mol. The first-order chi connectivity index (χ1) is 15.4. The van der Waals surface area contributed by atoms with Crippen molar-refractivity contribution in [1.29, 1.82) is 5.26 Å². The van der Waals surface area contributed by atoms with Gasteiger partial charge in [-0.25, -0.2) is 13.4 Å². The Kier molecular flexibility index (Phi) is 6.71. The molecule has 166 valence electrons. The lowest BCUT2D eigenvalue weighted by molar-refractivity contribution is -0.126. The highest BCUT2D eigenvalue weighted by atomic mass is 32.2. The number of piperidine rings is 1. The zero-order chi connectivity index (χ0) is 22.7. The third-order valence-corrected chi connectivity index (χ3v) is 9.26. The standard InChI is InChI=1S/C22H22N4O3S3/c1-15-25-19(14-30-15)20-7-6-18(31-20)13-24-22(27)16-8-10-26(11-9-16)32(28,29)21-5-3-2-4-17(21)12-23/h2-7,14,16H,8-11,13H2,1H3,(H,24,27). The summed E-state index contributed by atoms with van der Waals surface area (Å²) in [6.07, 6.45) is 0.904. The molecule has 10 heteroatoms. The molecule has 1 aromatic carbocycles. The van der Waals surface area contributed by atoms with E-state index in [4.69, 9.17) is 0 Å². The van der Waals surface area contributed by atoms with Crippen LogP contribution in [0.1, 0.15) is 28.3 Å². The third-order valence-electron chi connectivity index (χ3n) is 5.42. The molecule has 2 aromatic heterocycles. The molecular formula is C22H22N4O3S3. The average molecular weight is 487 g/mol. The Balaban J connectivity index is 1.32. The summed E-state index contributed by atoms with van der Waals surface area (Å²) in [7, 11) is -3.76. The molecule has 0 bridgehead atoms. The van der Waals surface area contributed by atoms with Crippen LogP contribution in [-0.4, -0.2) is 36.7 Å². The van der Waals surface area contributed by atoms with Crippen LogP contribution < -0.4 is 5.32 Å². The smallest absolute Gasteiger partial charge is 0.244 e. The van der Waals surface area contributed by atoms with E-state index in [1.807, 2.05) is 30.5 Å². The van der Waals surface area contributed by atoms with Crippen molar-refractivity contribution in [2.45, 2.75) is 31.2 Å². The molecule has 1 N–H and O–H groups in total. The van der Waals surface area contributed by atoms with Gasteiger partial charge >= 0.3 is 0 Å². The number of sulfonamides is 1. The second kappa shape index (κ2) is 9.50. The molecule has 4 rings (SSSR count). The molecule has 32 heavy (non-hydrogen) atoms. The molecule has 1 saturated heterocycles. The predicted octanol–water partition coefficient (Wildman–Crippen LogP) is 3.77. The highest BCUT2D eigenvalue weighted by Crippen LogP contribution is 2.29. The molecule has 3 aromatic rings. The van der Waals surface area contributed by atoms with E-state index >= 15 is 0 Å². The van der Waals surface area contributed by atoms with E-state index < -0.39 is 10.0 Å². The monoisotopic (exact) mass is 486 g/mol. The molecule has 1 fully saturated rings. The van der Waals surface area contributed by atoms with Gasteiger partial charge in [0, 0.05) is 29.3 Å². The van der Waals surface area contributed by atoms with E-state index in [1.165, 1.54) is 16.4 Å². The van der Waals surface area contributed by atoms with E-state index in [-0.39, 0.29) is 35.4 Å². The van der Waals surface area contributed by atoms with Crippen LogP contribution in [0.2, 0.25) is 0 Å². The maximum absolute atomic E-state index is 12.9. The molecule has 0 aliphatic carbocycles. The molecule has 7 nitrogen and oxygen atoms in total. The topological polar surface area (TPSA) is 103 Å². The Labute approximate surface area is 195 Å². The first kappa shape index (κ1) is 22.6. The van der Waals surface area contributed by atoms with Gasteiger partial charge in [0.1, 0.15) is 6.07 Å². The fourth-order valence-electron chi connectivity index (χ4n) is 3.69. The van der Waals surface area contributed by atoms with Crippen molar-refractivity contribution in [3.8, 4) is 16.6 Å². The molecule has 1 aliphatic rings. The Morgan fingerprint density at radius 2 is 2.00 bits per heavy atom. The Hall–Kier alpha value is -2.58. The zero-order valence-electron chi connectivity index (χ0n) is 17.4. The van der Waals surface area contributed by atoms with Gasteiger partial charge in [0.2, 0.25) is 15.9 Å². The number of aryl methyl sites for hydroxylation is 1. The van der Waals surface area contributed by atoms with Crippen LogP contribution in [0.5, 0.6) is 0 Å². The number of aromatic nitrogens is 1. The first-order valence-electron chi connectivity index (χ1n) is 10.2. The number of carbonyl (C=O) groups excluding carboxylic acids is 1. The van der Waals surface area contributed by atoms with Crippen LogP contribution in [0.4, 0.5) is 0 Å². The molecule has 0 spiro atoms. The van der Waals surface area contributed by atoms with Gasteiger partial charge in [-0.15, -0.1) is 22.7 Å². The minimum atomic E-state index is -3.76. The van der Waals surface area contributed by atoms with Crippen molar-refractivity contribution in [1.82, 2.24) is 14.6 Å². The summed E-state index contributed by atoms with van der Waals surface area (Å²) in [5.74, 6) is -0.285. The predicted molar refractivity (Wildman–Crippen MR) is 125 cm³/mol. The number of amides is 1.